The minimum absolute atomic E-state index is 0.636. The van der Waals surface area contributed by atoms with E-state index in [1.165, 1.54) is 0 Å². The van der Waals surface area contributed by atoms with Crippen LogP contribution in [0.2, 0.25) is 0 Å². The SMILES string of the molecule is C=CCC/C=C/C(C)CC=C. The van der Waals surface area contributed by atoms with Gasteiger partial charge in [0.25, 0.3) is 0 Å². The van der Waals surface area contributed by atoms with Crippen molar-refractivity contribution in [1.82, 2.24) is 0 Å². The Morgan fingerprint density at radius 3 is 2.45 bits per heavy atom. The van der Waals surface area contributed by atoms with E-state index in [-0.39, 0.29) is 0 Å². The summed E-state index contributed by atoms with van der Waals surface area (Å²) in [5, 5.41) is 0. The zero-order chi connectivity index (χ0) is 8.53. The summed E-state index contributed by atoms with van der Waals surface area (Å²) >= 11 is 0. The second kappa shape index (κ2) is 7.33. The molecule has 0 aliphatic heterocycles. The highest BCUT2D eigenvalue weighted by Gasteiger charge is 1.89. The van der Waals surface area contributed by atoms with E-state index in [0.717, 1.165) is 19.3 Å². The Kier molecular flexibility index (Phi) is 6.81. The van der Waals surface area contributed by atoms with Crippen molar-refractivity contribution in [2.24, 2.45) is 5.92 Å². The molecule has 0 bridgehead atoms. The van der Waals surface area contributed by atoms with Crippen molar-refractivity contribution in [3.05, 3.63) is 37.5 Å². The largest absolute Gasteiger partial charge is 0.103 e. The van der Waals surface area contributed by atoms with Crippen molar-refractivity contribution >= 4 is 0 Å². The molecule has 0 spiro atoms. The van der Waals surface area contributed by atoms with E-state index >= 15 is 0 Å². The molecule has 0 aliphatic carbocycles. The second-order valence-corrected chi connectivity index (χ2v) is 2.80. The highest BCUT2D eigenvalue weighted by Crippen LogP contribution is 2.04. The van der Waals surface area contributed by atoms with Gasteiger partial charge in [-0.3, -0.25) is 0 Å². The van der Waals surface area contributed by atoms with Crippen molar-refractivity contribution in [3.63, 3.8) is 0 Å². The van der Waals surface area contributed by atoms with Crippen LogP contribution >= 0.6 is 0 Å². The smallest absolute Gasteiger partial charge is 0.0227 e. The lowest BCUT2D eigenvalue weighted by atomic mass is 10.1. The number of hydrogen-bond donors (Lipinski definition) is 0. The van der Waals surface area contributed by atoms with Gasteiger partial charge in [0.15, 0.2) is 0 Å². The molecule has 0 aromatic heterocycles. The molecule has 0 aliphatic rings. The number of rotatable bonds is 6. The van der Waals surface area contributed by atoms with Crippen LogP contribution in [0.5, 0.6) is 0 Å². The molecular weight excluding hydrogens is 132 g/mol. The summed E-state index contributed by atoms with van der Waals surface area (Å²) in [7, 11) is 0. The number of unbranched alkanes of at least 4 members (excludes halogenated alkanes) is 1. The monoisotopic (exact) mass is 150 g/mol. The van der Waals surface area contributed by atoms with Crippen LogP contribution in [0.4, 0.5) is 0 Å². The molecule has 0 aromatic carbocycles. The quantitative estimate of drug-likeness (QED) is 0.400. The van der Waals surface area contributed by atoms with Crippen molar-refractivity contribution in [1.29, 1.82) is 0 Å². The Morgan fingerprint density at radius 1 is 1.18 bits per heavy atom. The Morgan fingerprint density at radius 2 is 1.91 bits per heavy atom. The Bertz CT molecular complexity index is 131. The highest BCUT2D eigenvalue weighted by atomic mass is 14.0. The molecule has 0 heterocycles. The van der Waals surface area contributed by atoms with Crippen LogP contribution in [0.3, 0.4) is 0 Å². The van der Waals surface area contributed by atoms with Gasteiger partial charge in [-0.1, -0.05) is 31.2 Å². The highest BCUT2D eigenvalue weighted by molar-refractivity contribution is 4.90. The fourth-order valence-electron chi connectivity index (χ4n) is 0.884. The maximum atomic E-state index is 3.70. The molecular formula is C11H18. The Labute approximate surface area is 70.3 Å². The molecule has 0 amide bonds. The van der Waals surface area contributed by atoms with E-state index in [9.17, 15) is 0 Å². The van der Waals surface area contributed by atoms with Crippen LogP contribution in [0.25, 0.3) is 0 Å². The number of allylic oxidation sites excluding steroid dienone is 4. The maximum Gasteiger partial charge on any atom is -0.0227 e. The van der Waals surface area contributed by atoms with Crippen LogP contribution < -0.4 is 0 Å². The van der Waals surface area contributed by atoms with Crippen LogP contribution in [-0.4, -0.2) is 0 Å². The molecule has 0 aromatic rings. The normalized spacial score (nSPS) is 13.2. The van der Waals surface area contributed by atoms with Gasteiger partial charge in [0, 0.05) is 0 Å². The molecule has 0 heteroatoms. The van der Waals surface area contributed by atoms with E-state index in [4.69, 9.17) is 0 Å². The molecule has 0 saturated heterocycles. The predicted octanol–water partition coefficient (Wildman–Crippen LogP) is 3.72. The van der Waals surface area contributed by atoms with Crippen molar-refractivity contribution in [2.45, 2.75) is 26.2 Å². The Balaban J connectivity index is 3.38. The first-order valence-electron chi connectivity index (χ1n) is 4.19. The first-order chi connectivity index (χ1) is 5.31. The zero-order valence-electron chi connectivity index (χ0n) is 7.42. The van der Waals surface area contributed by atoms with Gasteiger partial charge in [0.1, 0.15) is 0 Å². The van der Waals surface area contributed by atoms with Crippen molar-refractivity contribution in [2.75, 3.05) is 0 Å². The van der Waals surface area contributed by atoms with Gasteiger partial charge in [0.2, 0.25) is 0 Å². The molecule has 1 unspecified atom stereocenters. The minimum atomic E-state index is 0.636. The fraction of sp³-hybridized carbons (Fsp3) is 0.455. The third-order valence-electron chi connectivity index (χ3n) is 1.54. The van der Waals surface area contributed by atoms with Crippen molar-refractivity contribution < 1.29 is 0 Å². The van der Waals surface area contributed by atoms with Crippen LogP contribution in [-0.2, 0) is 0 Å². The summed E-state index contributed by atoms with van der Waals surface area (Å²) in [5.74, 6) is 0.636. The van der Waals surface area contributed by atoms with Gasteiger partial charge in [-0.2, -0.15) is 0 Å². The molecule has 0 N–H and O–H groups in total. The third kappa shape index (κ3) is 7.11. The first-order valence-corrected chi connectivity index (χ1v) is 4.19. The van der Waals surface area contributed by atoms with Crippen LogP contribution in [0.1, 0.15) is 26.2 Å². The second-order valence-electron chi connectivity index (χ2n) is 2.80. The topological polar surface area (TPSA) is 0 Å². The molecule has 62 valence electrons. The van der Waals surface area contributed by atoms with Gasteiger partial charge in [-0.05, 0) is 25.2 Å². The molecule has 0 rings (SSSR count). The van der Waals surface area contributed by atoms with E-state index < -0.39 is 0 Å². The van der Waals surface area contributed by atoms with Gasteiger partial charge in [0.05, 0.1) is 0 Å². The van der Waals surface area contributed by atoms with Crippen LogP contribution in [0, 0.1) is 5.92 Å². The molecule has 0 radical (unpaired) electrons. The minimum Gasteiger partial charge on any atom is -0.103 e. The van der Waals surface area contributed by atoms with E-state index in [1.807, 2.05) is 12.2 Å². The standard InChI is InChI=1S/C11H18/c1-4-6-7-8-10-11(3)9-5-2/h4-5,8,10-11H,1-2,6-7,9H2,3H3/b10-8+. The molecule has 0 saturated carbocycles. The zero-order valence-corrected chi connectivity index (χ0v) is 7.42. The van der Waals surface area contributed by atoms with Gasteiger partial charge in [-0.15, -0.1) is 13.2 Å². The Hall–Kier alpha value is -0.780. The summed E-state index contributed by atoms with van der Waals surface area (Å²) in [6.07, 6.45) is 11.6. The lowest BCUT2D eigenvalue weighted by Gasteiger charge is -1.98. The first kappa shape index (κ1) is 10.2. The van der Waals surface area contributed by atoms with Crippen LogP contribution in [0.15, 0.2) is 37.5 Å². The third-order valence-corrected chi connectivity index (χ3v) is 1.54. The lowest BCUT2D eigenvalue weighted by Crippen LogP contribution is -1.84. The average molecular weight is 150 g/mol. The summed E-state index contributed by atoms with van der Waals surface area (Å²) in [6, 6.07) is 0. The van der Waals surface area contributed by atoms with Gasteiger partial charge in [-0.25, -0.2) is 0 Å². The van der Waals surface area contributed by atoms with Crippen molar-refractivity contribution in [3.8, 4) is 0 Å². The van der Waals surface area contributed by atoms with E-state index in [0.29, 0.717) is 5.92 Å². The summed E-state index contributed by atoms with van der Waals surface area (Å²) in [4.78, 5) is 0. The molecule has 1 atom stereocenters. The van der Waals surface area contributed by atoms with Gasteiger partial charge < -0.3 is 0 Å². The maximum absolute atomic E-state index is 3.70. The lowest BCUT2D eigenvalue weighted by molar-refractivity contribution is 0.741. The van der Waals surface area contributed by atoms with Gasteiger partial charge >= 0.3 is 0 Å². The van der Waals surface area contributed by atoms with E-state index in [2.05, 4.69) is 32.2 Å². The summed E-state index contributed by atoms with van der Waals surface area (Å²) in [6.45, 7) is 9.56. The summed E-state index contributed by atoms with van der Waals surface area (Å²) < 4.78 is 0. The fourth-order valence-corrected chi connectivity index (χ4v) is 0.884. The molecule has 0 fully saturated rings. The molecule has 11 heavy (non-hydrogen) atoms. The predicted molar refractivity (Wildman–Crippen MR) is 52.5 cm³/mol. The van der Waals surface area contributed by atoms with E-state index in [1.54, 1.807) is 0 Å². The summed E-state index contributed by atoms with van der Waals surface area (Å²) in [5.41, 5.74) is 0. The molecule has 0 nitrogen and oxygen atoms in total. The average Bonchev–Trinajstić information content (AvgIpc) is 1.99. The number of hydrogen-bond acceptors (Lipinski definition) is 0.